The molecule has 3 rings (SSSR count). The van der Waals surface area contributed by atoms with E-state index in [4.69, 9.17) is 20.0 Å². The Kier molecular flexibility index (Phi) is 12.7. The average Bonchev–Trinajstić information content (AvgIpc) is 3.38. The van der Waals surface area contributed by atoms with Crippen LogP contribution in [-0.4, -0.2) is 34.6 Å². The summed E-state index contributed by atoms with van der Waals surface area (Å²) in [4.78, 5) is 36.3. The first-order valence-electron chi connectivity index (χ1n) is 15.0. The monoisotopic (exact) mass is 608 g/mol. The summed E-state index contributed by atoms with van der Waals surface area (Å²) >= 11 is 0. The second-order valence-electron chi connectivity index (χ2n) is 11.3. The first-order valence-corrected chi connectivity index (χ1v) is 15.0. The Labute approximate surface area is 265 Å². The maximum atomic E-state index is 13.0. The lowest BCUT2D eigenvalue weighted by atomic mass is 9.95. The number of aryl methyl sites for hydroxylation is 3. The molecule has 0 fully saturated rings. The number of carbonyl (C=O) groups excluding carboxylic acids is 3. The van der Waals surface area contributed by atoms with Crippen LogP contribution in [0, 0.1) is 22.7 Å². The molecule has 0 saturated carbocycles. The molecule has 0 bridgehead atoms. The molecule has 1 aromatic heterocycles. The number of amides is 1. The first-order chi connectivity index (χ1) is 21.5. The van der Waals surface area contributed by atoms with Crippen molar-refractivity contribution in [2.45, 2.75) is 71.3 Å². The van der Waals surface area contributed by atoms with Gasteiger partial charge in [0.2, 0.25) is 5.91 Å². The zero-order chi connectivity index (χ0) is 32.8. The molecule has 0 aliphatic heterocycles. The number of aromatic nitrogens is 1. The van der Waals surface area contributed by atoms with Crippen LogP contribution in [0.4, 0.5) is 0 Å². The second kappa shape index (κ2) is 16.6. The quantitative estimate of drug-likeness (QED) is 0.173. The summed E-state index contributed by atoms with van der Waals surface area (Å²) in [6, 6.07) is 22.8. The third kappa shape index (κ3) is 11.1. The van der Waals surface area contributed by atoms with Crippen LogP contribution in [0.1, 0.15) is 80.1 Å². The molecule has 0 saturated heterocycles. The Morgan fingerprint density at radius 2 is 1.49 bits per heavy atom. The van der Waals surface area contributed by atoms with E-state index in [0.29, 0.717) is 55.4 Å². The smallest absolute Gasteiger partial charge is 0.311 e. The van der Waals surface area contributed by atoms with Crippen molar-refractivity contribution >= 4 is 23.6 Å². The van der Waals surface area contributed by atoms with Crippen LogP contribution in [0.3, 0.4) is 0 Å². The average molecular weight is 609 g/mol. The van der Waals surface area contributed by atoms with Crippen molar-refractivity contribution in [1.82, 2.24) is 9.88 Å². The van der Waals surface area contributed by atoms with Crippen LogP contribution in [-0.2, 0) is 50.2 Å². The number of nitrogens with one attached hydrogen (secondary N) is 1. The van der Waals surface area contributed by atoms with Crippen molar-refractivity contribution in [2.24, 2.45) is 7.05 Å². The minimum Gasteiger partial charge on any atom is -0.463 e. The Bertz CT molecular complexity index is 1590. The third-order valence-corrected chi connectivity index (χ3v) is 7.48. The van der Waals surface area contributed by atoms with Gasteiger partial charge in [-0.2, -0.15) is 10.5 Å². The lowest BCUT2D eigenvalue weighted by molar-refractivity contribution is -0.144. The van der Waals surface area contributed by atoms with Gasteiger partial charge in [0.25, 0.3) is 0 Å². The second-order valence-corrected chi connectivity index (χ2v) is 11.3. The number of benzene rings is 2. The number of carbonyl (C=O) groups is 3. The van der Waals surface area contributed by atoms with Gasteiger partial charge in [-0.05, 0) is 99.0 Å². The Morgan fingerprint density at radius 3 is 2.04 bits per heavy atom. The molecule has 1 N–H and O–H groups in total. The van der Waals surface area contributed by atoms with E-state index in [-0.39, 0.29) is 24.9 Å². The topological polar surface area (TPSA) is 134 Å². The SMILES string of the molecule is CC(=O)N[C@](C)(CCc1ccc(/C(=C/CCc2ccc(C#N)cc2)OC(=O)CCCc2ccc(C#N)cc2)n1C)COC(C)=O. The number of nitrogens with zero attached hydrogens (tertiary/aromatic N) is 3. The minimum atomic E-state index is -0.747. The van der Waals surface area contributed by atoms with Gasteiger partial charge in [0, 0.05) is 33.0 Å². The number of allylic oxidation sites excluding steroid dienone is 1. The molecule has 0 unspecified atom stereocenters. The zero-order valence-corrected chi connectivity index (χ0v) is 26.4. The number of hydrogen-bond donors (Lipinski definition) is 1. The van der Waals surface area contributed by atoms with E-state index in [9.17, 15) is 14.4 Å². The number of hydrogen-bond acceptors (Lipinski definition) is 7. The molecule has 0 spiro atoms. The summed E-state index contributed by atoms with van der Waals surface area (Å²) in [7, 11) is 1.90. The van der Waals surface area contributed by atoms with E-state index in [0.717, 1.165) is 22.5 Å². The molecule has 234 valence electrons. The van der Waals surface area contributed by atoms with Gasteiger partial charge in [-0.25, -0.2) is 0 Å². The first kappa shape index (κ1) is 34.3. The lowest BCUT2D eigenvalue weighted by Crippen LogP contribution is -2.49. The standard InChI is InChI=1S/C36H40N4O5/c1-26(41)39-36(3,25-44-27(2)42)22-21-32-19-20-33(40(32)4)34(9-5-7-28-11-15-30(23-37)16-12-28)45-35(43)10-6-8-29-13-17-31(24-38)18-14-29/h9,11-20H,5-8,10,21-22,25H2,1-4H3,(H,39,41)/b34-9-/t36-/m1/s1. The van der Waals surface area contributed by atoms with Crippen molar-refractivity contribution in [2.75, 3.05) is 6.61 Å². The summed E-state index contributed by atoms with van der Waals surface area (Å²) in [5.41, 5.74) is 4.26. The van der Waals surface area contributed by atoms with Crippen molar-refractivity contribution in [3.05, 3.63) is 100 Å². The highest BCUT2D eigenvalue weighted by Gasteiger charge is 2.27. The number of esters is 2. The van der Waals surface area contributed by atoms with Gasteiger partial charge in [-0.15, -0.1) is 0 Å². The molecule has 45 heavy (non-hydrogen) atoms. The Hall–Kier alpha value is -5.15. The fourth-order valence-corrected chi connectivity index (χ4v) is 4.98. The highest BCUT2D eigenvalue weighted by molar-refractivity contribution is 5.77. The summed E-state index contributed by atoms with van der Waals surface area (Å²) in [6.07, 6.45) is 5.85. The molecule has 0 aliphatic carbocycles. The molecular weight excluding hydrogens is 568 g/mol. The lowest BCUT2D eigenvalue weighted by Gasteiger charge is -2.30. The van der Waals surface area contributed by atoms with Crippen LogP contribution >= 0.6 is 0 Å². The van der Waals surface area contributed by atoms with Crippen LogP contribution in [0.15, 0.2) is 66.7 Å². The molecule has 1 amide bonds. The predicted molar refractivity (Wildman–Crippen MR) is 170 cm³/mol. The maximum Gasteiger partial charge on any atom is 0.311 e. The van der Waals surface area contributed by atoms with Crippen molar-refractivity contribution in [1.29, 1.82) is 10.5 Å². The summed E-state index contributed by atoms with van der Waals surface area (Å²) in [5.74, 6) is -0.501. The van der Waals surface area contributed by atoms with Crippen molar-refractivity contribution in [3.63, 3.8) is 0 Å². The van der Waals surface area contributed by atoms with Crippen LogP contribution in [0.2, 0.25) is 0 Å². The van der Waals surface area contributed by atoms with Gasteiger partial charge in [-0.1, -0.05) is 24.3 Å². The number of rotatable bonds is 15. The number of ether oxygens (including phenoxy) is 2. The van der Waals surface area contributed by atoms with Gasteiger partial charge in [0.05, 0.1) is 34.5 Å². The molecule has 0 radical (unpaired) electrons. The van der Waals surface area contributed by atoms with Crippen LogP contribution in [0.25, 0.3) is 5.76 Å². The van der Waals surface area contributed by atoms with Crippen molar-refractivity contribution in [3.8, 4) is 12.1 Å². The van der Waals surface area contributed by atoms with Crippen LogP contribution < -0.4 is 5.32 Å². The highest BCUT2D eigenvalue weighted by atomic mass is 16.5. The van der Waals surface area contributed by atoms with Crippen LogP contribution in [0.5, 0.6) is 0 Å². The van der Waals surface area contributed by atoms with E-state index in [1.54, 1.807) is 24.3 Å². The number of nitriles is 2. The van der Waals surface area contributed by atoms with Gasteiger partial charge < -0.3 is 19.4 Å². The molecule has 3 aromatic rings. The molecule has 9 nitrogen and oxygen atoms in total. The maximum absolute atomic E-state index is 13.0. The molecule has 1 atom stereocenters. The zero-order valence-electron chi connectivity index (χ0n) is 26.4. The molecular formula is C36H40N4O5. The molecule has 2 aromatic carbocycles. The van der Waals surface area contributed by atoms with Gasteiger partial charge in [-0.3, -0.25) is 14.4 Å². The molecule has 1 heterocycles. The van der Waals surface area contributed by atoms with E-state index in [1.807, 2.05) is 61.0 Å². The van der Waals surface area contributed by atoms with Gasteiger partial charge in [0.1, 0.15) is 6.61 Å². The Morgan fingerprint density at radius 1 is 0.889 bits per heavy atom. The summed E-state index contributed by atoms with van der Waals surface area (Å²) < 4.78 is 13.1. The largest absolute Gasteiger partial charge is 0.463 e. The van der Waals surface area contributed by atoms with Crippen molar-refractivity contribution < 1.29 is 23.9 Å². The van der Waals surface area contributed by atoms with E-state index in [2.05, 4.69) is 17.5 Å². The minimum absolute atomic E-state index is 0.0553. The predicted octanol–water partition coefficient (Wildman–Crippen LogP) is 5.70. The van der Waals surface area contributed by atoms with E-state index >= 15 is 0 Å². The molecule has 0 aliphatic rings. The van der Waals surface area contributed by atoms with E-state index < -0.39 is 11.5 Å². The van der Waals surface area contributed by atoms with Gasteiger partial charge in [0.15, 0.2) is 5.76 Å². The summed E-state index contributed by atoms with van der Waals surface area (Å²) in [5, 5.41) is 21.0. The summed E-state index contributed by atoms with van der Waals surface area (Å²) in [6.45, 7) is 4.66. The van der Waals surface area contributed by atoms with Gasteiger partial charge >= 0.3 is 11.9 Å². The fraction of sp³-hybridized carbons (Fsp3) is 0.361. The fourth-order valence-electron chi connectivity index (χ4n) is 4.98. The third-order valence-electron chi connectivity index (χ3n) is 7.48. The molecule has 9 heteroatoms. The highest BCUT2D eigenvalue weighted by Crippen LogP contribution is 2.24. The van der Waals surface area contributed by atoms with E-state index in [1.165, 1.54) is 13.8 Å². The Balaban J connectivity index is 1.74. The normalized spacial score (nSPS) is 12.4.